The van der Waals surface area contributed by atoms with Gasteiger partial charge >= 0.3 is 6.09 Å². The van der Waals surface area contributed by atoms with Crippen molar-refractivity contribution in [2.75, 3.05) is 5.43 Å². The first-order chi connectivity index (χ1) is 17.7. The molecule has 37 heavy (non-hydrogen) atoms. The normalized spacial score (nSPS) is 14.6. The molecule has 0 aliphatic heterocycles. The van der Waals surface area contributed by atoms with Crippen molar-refractivity contribution in [1.29, 1.82) is 0 Å². The van der Waals surface area contributed by atoms with Gasteiger partial charge < -0.3 is 15.5 Å². The molecular formula is C29H30FN5O2. The highest BCUT2D eigenvalue weighted by molar-refractivity contribution is 5.96. The standard InChI is InChI=1S/C29H30FN5O2/c1-28(2,3)37-27(36)34-29(14-4-15-29)20-9-5-19(6-10-20)25-22(18-7-11-21(30)12-8-18)17-23-24(33-25)13-16-32-26(23)35-31/h5-13,16-17H,4,14-15,31H2,1-3H3,(H,32,35)(H,34,36). The number of hydrazine groups is 1. The molecule has 1 aliphatic rings. The average Bonchev–Trinajstić information content (AvgIpc) is 2.84. The summed E-state index contributed by atoms with van der Waals surface area (Å²) in [5.74, 6) is 5.89. The zero-order chi connectivity index (χ0) is 26.2. The van der Waals surface area contributed by atoms with Crippen molar-refractivity contribution in [3.05, 3.63) is 78.2 Å². The Morgan fingerprint density at radius 2 is 1.70 bits per heavy atom. The number of pyridine rings is 2. The van der Waals surface area contributed by atoms with Crippen molar-refractivity contribution < 1.29 is 13.9 Å². The van der Waals surface area contributed by atoms with Gasteiger partial charge in [-0.05, 0) is 75.4 Å². The number of hydrogen-bond acceptors (Lipinski definition) is 6. The molecule has 190 valence electrons. The predicted molar refractivity (Wildman–Crippen MR) is 143 cm³/mol. The second-order valence-electron chi connectivity index (χ2n) is 10.4. The highest BCUT2D eigenvalue weighted by Crippen LogP contribution is 2.43. The molecule has 4 aromatic rings. The first kappa shape index (κ1) is 24.6. The largest absolute Gasteiger partial charge is 0.444 e. The van der Waals surface area contributed by atoms with E-state index in [4.69, 9.17) is 15.6 Å². The number of ether oxygens (including phenoxy) is 1. The number of amides is 1. The molecule has 2 aromatic heterocycles. The van der Waals surface area contributed by atoms with Gasteiger partial charge in [-0.15, -0.1) is 0 Å². The number of nitrogen functional groups attached to an aromatic ring is 1. The van der Waals surface area contributed by atoms with Gasteiger partial charge in [-0.2, -0.15) is 0 Å². The second-order valence-corrected chi connectivity index (χ2v) is 10.4. The van der Waals surface area contributed by atoms with Crippen LogP contribution in [0.25, 0.3) is 33.3 Å². The van der Waals surface area contributed by atoms with Crippen molar-refractivity contribution in [2.24, 2.45) is 5.84 Å². The Morgan fingerprint density at radius 3 is 2.30 bits per heavy atom. The maximum Gasteiger partial charge on any atom is 0.408 e. The summed E-state index contributed by atoms with van der Waals surface area (Å²) in [6, 6.07) is 18.2. The van der Waals surface area contributed by atoms with Gasteiger partial charge in [-0.3, -0.25) is 0 Å². The minimum atomic E-state index is -0.563. The van der Waals surface area contributed by atoms with Crippen molar-refractivity contribution in [2.45, 2.75) is 51.2 Å². The molecule has 0 radical (unpaired) electrons. The van der Waals surface area contributed by atoms with Crippen LogP contribution in [-0.4, -0.2) is 21.7 Å². The molecule has 1 aliphatic carbocycles. The fourth-order valence-electron chi connectivity index (χ4n) is 4.74. The van der Waals surface area contributed by atoms with Crippen LogP contribution in [0.2, 0.25) is 0 Å². The van der Waals surface area contributed by atoms with Crippen LogP contribution >= 0.6 is 0 Å². The quantitative estimate of drug-likeness (QED) is 0.220. The molecule has 5 rings (SSSR count). The van der Waals surface area contributed by atoms with Crippen LogP contribution in [0.1, 0.15) is 45.6 Å². The summed E-state index contributed by atoms with van der Waals surface area (Å²) in [6.45, 7) is 5.56. The number of alkyl carbamates (subject to hydrolysis) is 1. The van der Waals surface area contributed by atoms with Gasteiger partial charge in [0.2, 0.25) is 0 Å². The molecule has 2 heterocycles. The third kappa shape index (κ3) is 4.97. The van der Waals surface area contributed by atoms with Crippen LogP contribution in [0, 0.1) is 5.82 Å². The molecule has 4 N–H and O–H groups in total. The number of anilines is 1. The molecular weight excluding hydrogens is 469 g/mol. The molecule has 1 amide bonds. The van der Waals surface area contributed by atoms with Gasteiger partial charge in [-0.1, -0.05) is 36.4 Å². The number of nitrogens with one attached hydrogen (secondary N) is 2. The van der Waals surface area contributed by atoms with E-state index in [1.807, 2.05) is 57.2 Å². The number of rotatable bonds is 5. The second kappa shape index (κ2) is 9.44. The van der Waals surface area contributed by atoms with E-state index >= 15 is 0 Å². The van der Waals surface area contributed by atoms with E-state index in [9.17, 15) is 9.18 Å². The topological polar surface area (TPSA) is 102 Å². The Balaban J connectivity index is 1.55. The smallest absolute Gasteiger partial charge is 0.408 e. The van der Waals surface area contributed by atoms with Gasteiger partial charge in [0.25, 0.3) is 0 Å². The lowest BCUT2D eigenvalue weighted by Crippen LogP contribution is -2.52. The molecule has 7 nitrogen and oxygen atoms in total. The number of carbonyl (C=O) groups is 1. The number of aromatic nitrogens is 2. The number of nitrogens with zero attached hydrogens (tertiary/aromatic N) is 2. The van der Waals surface area contributed by atoms with E-state index in [1.165, 1.54) is 12.1 Å². The Kier molecular flexibility index (Phi) is 6.29. The van der Waals surface area contributed by atoms with Crippen LogP contribution in [0.3, 0.4) is 0 Å². The van der Waals surface area contributed by atoms with E-state index in [2.05, 4.69) is 15.7 Å². The third-order valence-corrected chi connectivity index (χ3v) is 6.69. The summed E-state index contributed by atoms with van der Waals surface area (Å²) in [6.07, 6.45) is 3.97. The van der Waals surface area contributed by atoms with Crippen LogP contribution in [-0.2, 0) is 10.3 Å². The van der Waals surface area contributed by atoms with Gasteiger partial charge in [0.1, 0.15) is 17.2 Å². The minimum absolute atomic E-state index is 0.308. The number of fused-ring (bicyclic) bond motifs is 1. The van der Waals surface area contributed by atoms with Crippen molar-refractivity contribution in [3.8, 4) is 22.4 Å². The summed E-state index contributed by atoms with van der Waals surface area (Å²) in [4.78, 5) is 21.8. The van der Waals surface area contributed by atoms with E-state index in [0.717, 1.165) is 58.1 Å². The lowest BCUT2D eigenvalue weighted by molar-refractivity contribution is 0.0377. The molecule has 8 heteroatoms. The molecule has 0 bridgehead atoms. The van der Waals surface area contributed by atoms with Gasteiger partial charge in [0, 0.05) is 22.7 Å². The minimum Gasteiger partial charge on any atom is -0.444 e. The average molecular weight is 500 g/mol. The predicted octanol–water partition coefficient (Wildman–Crippen LogP) is 6.29. The van der Waals surface area contributed by atoms with Crippen molar-refractivity contribution in [3.63, 3.8) is 0 Å². The van der Waals surface area contributed by atoms with E-state index in [0.29, 0.717) is 5.82 Å². The van der Waals surface area contributed by atoms with Crippen LogP contribution in [0.15, 0.2) is 66.9 Å². The van der Waals surface area contributed by atoms with Gasteiger partial charge in [0.15, 0.2) is 0 Å². The SMILES string of the molecule is CC(C)(C)OC(=O)NC1(c2ccc(-c3nc4ccnc(NN)c4cc3-c3ccc(F)cc3)cc2)CCC1. The zero-order valence-electron chi connectivity index (χ0n) is 21.1. The maximum atomic E-state index is 13.7. The van der Waals surface area contributed by atoms with Gasteiger partial charge in [0.05, 0.1) is 16.7 Å². The van der Waals surface area contributed by atoms with Crippen LogP contribution < -0.4 is 16.6 Å². The molecule has 0 atom stereocenters. The highest BCUT2D eigenvalue weighted by atomic mass is 19.1. The Labute approximate surface area is 215 Å². The Bertz CT molecular complexity index is 1440. The monoisotopic (exact) mass is 499 g/mol. The molecule has 2 aromatic carbocycles. The third-order valence-electron chi connectivity index (χ3n) is 6.69. The molecule has 0 spiro atoms. The summed E-state index contributed by atoms with van der Waals surface area (Å²) in [5.41, 5.74) is 6.68. The van der Waals surface area contributed by atoms with Crippen molar-refractivity contribution in [1.82, 2.24) is 15.3 Å². The molecule has 0 saturated heterocycles. The summed E-state index contributed by atoms with van der Waals surface area (Å²) < 4.78 is 19.2. The van der Waals surface area contributed by atoms with E-state index in [-0.39, 0.29) is 5.82 Å². The Hall–Kier alpha value is -4.04. The van der Waals surface area contributed by atoms with E-state index < -0.39 is 17.2 Å². The fraction of sp³-hybridized carbons (Fsp3) is 0.276. The number of nitrogens with two attached hydrogens (primary N) is 1. The first-order valence-corrected chi connectivity index (χ1v) is 12.3. The number of benzene rings is 2. The van der Waals surface area contributed by atoms with Crippen LogP contribution in [0.4, 0.5) is 15.0 Å². The fourth-order valence-corrected chi connectivity index (χ4v) is 4.74. The Morgan fingerprint density at radius 1 is 1.03 bits per heavy atom. The highest BCUT2D eigenvalue weighted by Gasteiger charge is 2.41. The van der Waals surface area contributed by atoms with E-state index in [1.54, 1.807) is 18.3 Å². The number of halogens is 1. The lowest BCUT2D eigenvalue weighted by atomic mass is 9.71. The maximum absolute atomic E-state index is 13.7. The molecule has 1 saturated carbocycles. The molecule has 0 unspecified atom stereocenters. The summed E-state index contributed by atoms with van der Waals surface area (Å²) >= 11 is 0. The number of carbonyl (C=O) groups excluding carboxylic acids is 1. The lowest BCUT2D eigenvalue weighted by Gasteiger charge is -2.43. The summed E-state index contributed by atoms with van der Waals surface area (Å²) in [7, 11) is 0. The molecule has 1 fully saturated rings. The van der Waals surface area contributed by atoms with Gasteiger partial charge in [-0.25, -0.2) is 25.0 Å². The van der Waals surface area contributed by atoms with Crippen LogP contribution in [0.5, 0.6) is 0 Å². The number of hydrogen-bond donors (Lipinski definition) is 3. The summed E-state index contributed by atoms with van der Waals surface area (Å²) in [5, 5.41) is 3.87. The van der Waals surface area contributed by atoms with Crippen molar-refractivity contribution >= 4 is 22.8 Å². The first-order valence-electron chi connectivity index (χ1n) is 12.3. The zero-order valence-corrected chi connectivity index (χ0v) is 21.1.